The number of nitrogens with zero attached hydrogens (tertiary/aromatic N) is 5. The Bertz CT molecular complexity index is 1500. The lowest BCUT2D eigenvalue weighted by Crippen LogP contribution is -2.49. The topological polar surface area (TPSA) is 118 Å². The molecule has 1 unspecified atom stereocenters. The van der Waals surface area contributed by atoms with Gasteiger partial charge in [0, 0.05) is 36.8 Å². The molecule has 3 aliphatic rings. The van der Waals surface area contributed by atoms with Crippen molar-refractivity contribution in [2.45, 2.75) is 71.2 Å². The Balaban J connectivity index is 1.34. The summed E-state index contributed by atoms with van der Waals surface area (Å²) in [7, 11) is 0. The minimum absolute atomic E-state index is 0.0603. The van der Waals surface area contributed by atoms with Crippen molar-refractivity contribution in [3.8, 4) is 5.75 Å². The van der Waals surface area contributed by atoms with Crippen molar-refractivity contribution >= 4 is 17.8 Å². The van der Waals surface area contributed by atoms with Gasteiger partial charge in [-0.2, -0.15) is 0 Å². The van der Waals surface area contributed by atoms with Gasteiger partial charge >= 0.3 is 5.97 Å². The Morgan fingerprint density at radius 2 is 1.81 bits per heavy atom. The van der Waals surface area contributed by atoms with E-state index in [1.165, 1.54) is 0 Å². The number of benzene rings is 2. The summed E-state index contributed by atoms with van der Waals surface area (Å²) >= 11 is 0. The third-order valence-electron chi connectivity index (χ3n) is 8.92. The van der Waals surface area contributed by atoms with Crippen LogP contribution in [0, 0.1) is 11.8 Å². The van der Waals surface area contributed by atoms with Crippen LogP contribution in [0.15, 0.2) is 48.7 Å². The number of aliphatic carboxylic acids is 1. The molecule has 0 radical (unpaired) electrons. The van der Waals surface area contributed by atoms with Crippen molar-refractivity contribution < 1.29 is 24.2 Å². The second-order valence-corrected chi connectivity index (χ2v) is 11.9. The lowest BCUT2D eigenvalue weighted by Gasteiger charge is -2.42. The van der Waals surface area contributed by atoms with Gasteiger partial charge in [-0.15, -0.1) is 5.10 Å². The summed E-state index contributed by atoms with van der Waals surface area (Å²) in [5.74, 6) is -1.75. The molecule has 10 heteroatoms. The fourth-order valence-electron chi connectivity index (χ4n) is 6.71. The molecule has 1 N–H and O–H groups in total. The molecule has 42 heavy (non-hydrogen) atoms. The van der Waals surface area contributed by atoms with E-state index in [4.69, 9.17) is 4.74 Å². The smallest absolute Gasteiger partial charge is 0.307 e. The first-order valence-corrected chi connectivity index (χ1v) is 14.9. The maximum atomic E-state index is 14.2. The maximum Gasteiger partial charge on any atom is 0.307 e. The Morgan fingerprint density at radius 1 is 1.05 bits per heavy atom. The lowest BCUT2D eigenvalue weighted by atomic mass is 9.77. The summed E-state index contributed by atoms with van der Waals surface area (Å²) in [5, 5.41) is 18.4. The Labute approximate surface area is 245 Å². The quantitative estimate of drug-likeness (QED) is 0.426. The average Bonchev–Trinajstić information content (AvgIpc) is 3.60. The summed E-state index contributed by atoms with van der Waals surface area (Å²) < 4.78 is 8.13. The minimum Gasteiger partial charge on any atom is -0.487 e. The highest BCUT2D eigenvalue weighted by molar-refractivity contribution is 5.98. The Hall–Kier alpha value is -4.21. The number of aromatic nitrogens is 3. The third-order valence-corrected chi connectivity index (χ3v) is 8.92. The summed E-state index contributed by atoms with van der Waals surface area (Å²) in [6.07, 6.45) is 5.20. The van der Waals surface area contributed by atoms with Gasteiger partial charge in [0.1, 0.15) is 18.1 Å². The van der Waals surface area contributed by atoms with E-state index in [0.29, 0.717) is 55.9 Å². The second-order valence-electron chi connectivity index (χ2n) is 11.9. The average molecular weight is 572 g/mol. The van der Waals surface area contributed by atoms with Crippen LogP contribution in [-0.2, 0) is 29.2 Å². The van der Waals surface area contributed by atoms with Gasteiger partial charge in [0.05, 0.1) is 24.1 Å². The molecule has 220 valence electrons. The van der Waals surface area contributed by atoms with Crippen molar-refractivity contribution in [3.63, 3.8) is 0 Å². The van der Waals surface area contributed by atoms with E-state index in [2.05, 4.69) is 10.3 Å². The number of hydrogen-bond acceptors (Lipinski definition) is 6. The molecule has 2 aliphatic heterocycles. The summed E-state index contributed by atoms with van der Waals surface area (Å²) in [4.78, 5) is 43.4. The fraction of sp³-hybridized carbons (Fsp3) is 0.469. The van der Waals surface area contributed by atoms with E-state index in [-0.39, 0.29) is 24.5 Å². The van der Waals surface area contributed by atoms with Gasteiger partial charge in [-0.25, -0.2) is 4.68 Å². The molecule has 3 aromatic rings. The van der Waals surface area contributed by atoms with Crippen LogP contribution in [0.1, 0.15) is 84.4 Å². The van der Waals surface area contributed by atoms with Crippen LogP contribution in [0.25, 0.3) is 0 Å². The highest BCUT2D eigenvalue weighted by Crippen LogP contribution is 2.41. The van der Waals surface area contributed by atoms with Crippen molar-refractivity contribution in [1.29, 1.82) is 0 Å². The summed E-state index contributed by atoms with van der Waals surface area (Å²) in [5.41, 5.74) is 4.28. The van der Waals surface area contributed by atoms with Gasteiger partial charge in [0.15, 0.2) is 0 Å². The molecule has 2 amide bonds. The number of ether oxygens (including phenoxy) is 1. The molecule has 2 aromatic carbocycles. The van der Waals surface area contributed by atoms with E-state index >= 15 is 0 Å². The van der Waals surface area contributed by atoms with Crippen molar-refractivity contribution in [2.75, 3.05) is 13.1 Å². The highest BCUT2D eigenvalue weighted by atomic mass is 16.5. The van der Waals surface area contributed by atoms with E-state index in [1.807, 2.05) is 67.4 Å². The van der Waals surface area contributed by atoms with Gasteiger partial charge < -0.3 is 19.6 Å². The molecule has 3 atom stereocenters. The number of hydrogen-bond donors (Lipinski definition) is 1. The van der Waals surface area contributed by atoms with Crippen molar-refractivity contribution in [3.05, 3.63) is 76.6 Å². The molecule has 3 heterocycles. The predicted molar refractivity (Wildman–Crippen MR) is 154 cm³/mol. The predicted octanol–water partition coefficient (Wildman–Crippen LogP) is 4.41. The van der Waals surface area contributed by atoms with Gasteiger partial charge in [0.25, 0.3) is 5.91 Å². The first-order valence-electron chi connectivity index (χ1n) is 14.9. The molecular weight excluding hydrogens is 534 g/mol. The van der Waals surface area contributed by atoms with E-state index in [1.54, 1.807) is 9.58 Å². The van der Waals surface area contributed by atoms with Crippen LogP contribution in [0.2, 0.25) is 0 Å². The lowest BCUT2D eigenvalue weighted by molar-refractivity contribution is -0.153. The number of rotatable bonds is 8. The van der Waals surface area contributed by atoms with Crippen LogP contribution < -0.4 is 4.74 Å². The normalized spacial score (nSPS) is 21.8. The number of carboxylic acids is 1. The minimum atomic E-state index is -0.911. The van der Waals surface area contributed by atoms with Crippen molar-refractivity contribution in [2.24, 2.45) is 11.8 Å². The SMILES string of the molecule is CC(C)n1cc(COc2cccc3c2C(CN2Cc4ccccc4C2=O)N(C(=O)[C@@H]2CCCC[C@@H]2C(=O)O)CC3)nn1. The first kappa shape index (κ1) is 27.9. The number of fused-ring (bicyclic) bond motifs is 2. The molecule has 0 spiro atoms. The molecule has 1 aromatic heterocycles. The highest BCUT2D eigenvalue weighted by Gasteiger charge is 2.43. The Morgan fingerprint density at radius 3 is 2.55 bits per heavy atom. The van der Waals surface area contributed by atoms with Crippen LogP contribution >= 0.6 is 0 Å². The summed E-state index contributed by atoms with van der Waals surface area (Å²) in [6, 6.07) is 13.2. The zero-order valence-corrected chi connectivity index (χ0v) is 24.1. The molecule has 0 bridgehead atoms. The Kier molecular flexibility index (Phi) is 7.70. The number of carbonyl (C=O) groups is 3. The summed E-state index contributed by atoms with van der Waals surface area (Å²) in [6.45, 7) is 5.48. The van der Waals surface area contributed by atoms with Crippen LogP contribution in [0.5, 0.6) is 5.75 Å². The van der Waals surface area contributed by atoms with E-state index in [9.17, 15) is 19.5 Å². The number of amides is 2. The van der Waals surface area contributed by atoms with Gasteiger partial charge in [-0.1, -0.05) is 48.4 Å². The zero-order chi connectivity index (χ0) is 29.4. The largest absolute Gasteiger partial charge is 0.487 e. The third kappa shape index (κ3) is 5.26. The van der Waals surface area contributed by atoms with E-state index in [0.717, 1.165) is 29.5 Å². The van der Waals surface area contributed by atoms with Gasteiger partial charge in [-0.3, -0.25) is 14.4 Å². The molecular formula is C32H37N5O5. The molecule has 1 fully saturated rings. The van der Waals surface area contributed by atoms with Gasteiger partial charge in [0.2, 0.25) is 5.91 Å². The molecule has 6 rings (SSSR count). The number of carbonyl (C=O) groups excluding carboxylic acids is 2. The monoisotopic (exact) mass is 571 g/mol. The molecule has 1 aliphatic carbocycles. The van der Waals surface area contributed by atoms with Gasteiger partial charge in [-0.05, 0) is 56.4 Å². The second kappa shape index (κ2) is 11.6. The van der Waals surface area contributed by atoms with Crippen LogP contribution in [0.3, 0.4) is 0 Å². The standard InChI is InChI=1S/C32H37N5O5/c1-20(2)37-17-23(33-34-37)19-42-28-13-7-9-21-14-15-36(31(39)25-11-5-6-12-26(25)32(40)41)27(29(21)28)18-35-16-22-8-3-4-10-24(22)30(35)38/h3-4,7-10,13,17,20,25-27H,5-6,11-12,14-16,18-19H2,1-2H3,(H,40,41)/t25-,26+,27?/m1/s1. The van der Waals surface area contributed by atoms with E-state index < -0.39 is 23.8 Å². The number of carboxylic acid groups (broad SMARTS) is 1. The van der Waals surface area contributed by atoms with Crippen LogP contribution in [0.4, 0.5) is 0 Å². The van der Waals surface area contributed by atoms with Crippen molar-refractivity contribution in [1.82, 2.24) is 24.8 Å². The fourth-order valence-corrected chi connectivity index (χ4v) is 6.71. The molecule has 1 saturated carbocycles. The zero-order valence-electron chi connectivity index (χ0n) is 24.1. The molecule has 0 saturated heterocycles. The maximum absolute atomic E-state index is 14.2. The van der Waals surface area contributed by atoms with Crippen LogP contribution in [-0.4, -0.2) is 60.8 Å². The first-order chi connectivity index (χ1) is 20.3. The molecule has 10 nitrogen and oxygen atoms in total.